The van der Waals surface area contributed by atoms with Gasteiger partial charge in [0.2, 0.25) is 11.8 Å². The minimum atomic E-state index is -0.247. The number of aliphatic hydroxyl groups is 1. The third kappa shape index (κ3) is 5.46. The van der Waals surface area contributed by atoms with Gasteiger partial charge in [-0.05, 0) is 68.7 Å². The minimum absolute atomic E-state index is 0.0223. The summed E-state index contributed by atoms with van der Waals surface area (Å²) in [5.41, 5.74) is 2.91. The molecular weight excluding hydrogens is 426 g/mol. The average molecular weight is 462 g/mol. The van der Waals surface area contributed by atoms with E-state index in [2.05, 4.69) is 22.0 Å². The monoisotopic (exact) mass is 461 g/mol. The molecule has 1 aromatic rings. The predicted molar refractivity (Wildman–Crippen MR) is 127 cm³/mol. The van der Waals surface area contributed by atoms with Crippen LogP contribution in [-0.2, 0) is 16.1 Å². The van der Waals surface area contributed by atoms with Gasteiger partial charge in [-0.25, -0.2) is 0 Å². The number of benzene rings is 1. The molecule has 3 aliphatic rings. The van der Waals surface area contributed by atoms with Gasteiger partial charge in [0.05, 0.1) is 6.10 Å². The average Bonchev–Trinajstić information content (AvgIpc) is 3.25. The minimum Gasteiger partial charge on any atom is -0.393 e. The number of piperazine rings is 1. The van der Waals surface area contributed by atoms with E-state index < -0.39 is 0 Å². The zero-order valence-corrected chi connectivity index (χ0v) is 20.0. The fourth-order valence-electron chi connectivity index (χ4n) is 5.51. The summed E-state index contributed by atoms with van der Waals surface area (Å²) in [6.45, 7) is 7.38. The predicted octanol–water partition coefficient (Wildman–Crippen LogP) is 3.97. The van der Waals surface area contributed by atoms with Crippen molar-refractivity contribution in [1.82, 2.24) is 9.80 Å². The van der Waals surface area contributed by atoms with Crippen LogP contribution in [0.15, 0.2) is 12.1 Å². The molecule has 32 heavy (non-hydrogen) atoms. The van der Waals surface area contributed by atoms with E-state index in [0.717, 1.165) is 55.8 Å². The number of halogens is 1. The lowest BCUT2D eigenvalue weighted by molar-refractivity contribution is -0.140. The molecular formula is C25H36ClN3O3. The first-order valence-corrected chi connectivity index (χ1v) is 12.5. The SMILES string of the molecule is Cc1c(CN2CCN(C(=O)C3CCCC3)[C@@H](C)C2)cc(Cl)cc1NC(=O)CC1CC(O)C1. The highest BCUT2D eigenvalue weighted by Crippen LogP contribution is 2.32. The standard InChI is InChI=1S/C25H36ClN3O3/c1-16-14-28(7-8-29(16)25(32)19-5-3-4-6-19)15-20-12-21(26)13-23(17(20)2)27-24(31)11-18-9-22(30)10-18/h12-13,16,18-19,22,30H,3-11,14-15H2,1-2H3,(H,27,31)/t16-,18?,22?/m0/s1. The third-order valence-corrected chi connectivity index (χ3v) is 7.75. The first-order valence-electron chi connectivity index (χ1n) is 12.1. The molecule has 0 bridgehead atoms. The van der Waals surface area contributed by atoms with E-state index in [9.17, 15) is 14.7 Å². The van der Waals surface area contributed by atoms with Crippen molar-refractivity contribution in [1.29, 1.82) is 0 Å². The molecule has 1 saturated heterocycles. The van der Waals surface area contributed by atoms with Crippen molar-refractivity contribution in [2.24, 2.45) is 11.8 Å². The number of amides is 2. The number of nitrogens with zero attached hydrogens (tertiary/aromatic N) is 2. The fourth-order valence-corrected chi connectivity index (χ4v) is 5.75. The Morgan fingerprint density at radius 2 is 1.91 bits per heavy atom. The topological polar surface area (TPSA) is 72.9 Å². The number of carbonyl (C=O) groups excluding carboxylic acids is 2. The van der Waals surface area contributed by atoms with Crippen LogP contribution in [0.3, 0.4) is 0 Å². The molecule has 1 aromatic carbocycles. The summed E-state index contributed by atoms with van der Waals surface area (Å²) in [7, 11) is 0. The highest BCUT2D eigenvalue weighted by atomic mass is 35.5. The molecule has 0 aromatic heterocycles. The number of aliphatic hydroxyl groups excluding tert-OH is 1. The van der Waals surface area contributed by atoms with Crippen LogP contribution in [0.4, 0.5) is 5.69 Å². The molecule has 1 aliphatic heterocycles. The fraction of sp³-hybridized carbons (Fsp3) is 0.680. The normalized spacial score (nSPS) is 26.8. The van der Waals surface area contributed by atoms with Crippen LogP contribution in [0.5, 0.6) is 0 Å². The largest absolute Gasteiger partial charge is 0.393 e. The Bertz CT molecular complexity index is 849. The molecule has 0 spiro atoms. The lowest BCUT2D eigenvalue weighted by Crippen LogP contribution is -2.54. The first-order chi connectivity index (χ1) is 15.3. The van der Waals surface area contributed by atoms with Crippen LogP contribution in [0.1, 0.15) is 63.0 Å². The Balaban J connectivity index is 1.35. The van der Waals surface area contributed by atoms with Crippen molar-refractivity contribution >= 4 is 29.1 Å². The van der Waals surface area contributed by atoms with Crippen LogP contribution in [0.25, 0.3) is 0 Å². The summed E-state index contributed by atoms with van der Waals surface area (Å²) in [6.07, 6.45) is 6.06. The Morgan fingerprint density at radius 3 is 2.56 bits per heavy atom. The van der Waals surface area contributed by atoms with Gasteiger partial charge >= 0.3 is 0 Å². The second kappa shape index (κ2) is 10.1. The summed E-state index contributed by atoms with van der Waals surface area (Å²) in [5, 5.41) is 13.1. The molecule has 7 heteroatoms. The van der Waals surface area contributed by atoms with Gasteiger partial charge < -0.3 is 15.3 Å². The van der Waals surface area contributed by atoms with Crippen molar-refractivity contribution in [3.8, 4) is 0 Å². The summed E-state index contributed by atoms with van der Waals surface area (Å²) in [5.74, 6) is 0.825. The van der Waals surface area contributed by atoms with Crippen molar-refractivity contribution in [2.45, 2.75) is 77.5 Å². The molecule has 176 valence electrons. The third-order valence-electron chi connectivity index (χ3n) is 7.53. The summed E-state index contributed by atoms with van der Waals surface area (Å²) < 4.78 is 0. The number of nitrogens with one attached hydrogen (secondary N) is 1. The number of anilines is 1. The Labute approximate surface area is 196 Å². The van der Waals surface area contributed by atoms with Gasteiger partial charge in [-0.15, -0.1) is 0 Å². The molecule has 3 fully saturated rings. The quantitative estimate of drug-likeness (QED) is 0.672. The van der Waals surface area contributed by atoms with Gasteiger partial charge in [-0.3, -0.25) is 14.5 Å². The van der Waals surface area contributed by atoms with Gasteiger partial charge in [0, 0.05) is 55.3 Å². The highest BCUT2D eigenvalue weighted by molar-refractivity contribution is 6.31. The summed E-state index contributed by atoms with van der Waals surface area (Å²) in [4.78, 5) is 29.8. The second-order valence-electron chi connectivity index (χ2n) is 10.1. The molecule has 4 rings (SSSR count). The van der Waals surface area contributed by atoms with Gasteiger partial charge in [0.25, 0.3) is 0 Å². The van der Waals surface area contributed by atoms with E-state index in [1.165, 1.54) is 12.8 Å². The van der Waals surface area contributed by atoms with E-state index >= 15 is 0 Å². The van der Waals surface area contributed by atoms with E-state index in [4.69, 9.17) is 11.6 Å². The Hall–Kier alpha value is -1.63. The van der Waals surface area contributed by atoms with E-state index in [1.807, 2.05) is 19.1 Å². The zero-order chi connectivity index (χ0) is 22.8. The molecule has 2 amide bonds. The molecule has 0 unspecified atom stereocenters. The first kappa shape index (κ1) is 23.5. The van der Waals surface area contributed by atoms with Crippen LogP contribution in [0, 0.1) is 18.8 Å². The number of carbonyl (C=O) groups is 2. The number of rotatable bonds is 6. The van der Waals surface area contributed by atoms with Crippen LogP contribution in [-0.4, -0.2) is 58.5 Å². The van der Waals surface area contributed by atoms with E-state index in [0.29, 0.717) is 30.2 Å². The maximum absolute atomic E-state index is 12.9. The highest BCUT2D eigenvalue weighted by Gasteiger charge is 2.33. The van der Waals surface area contributed by atoms with Crippen LogP contribution >= 0.6 is 11.6 Å². The molecule has 6 nitrogen and oxygen atoms in total. The summed E-state index contributed by atoms with van der Waals surface area (Å²) in [6, 6.07) is 4.00. The van der Waals surface area contributed by atoms with Crippen molar-refractivity contribution in [2.75, 3.05) is 25.0 Å². The van der Waals surface area contributed by atoms with Crippen LogP contribution in [0.2, 0.25) is 5.02 Å². The Morgan fingerprint density at radius 1 is 1.19 bits per heavy atom. The molecule has 1 heterocycles. The molecule has 2 N–H and O–H groups in total. The van der Waals surface area contributed by atoms with E-state index in [-0.39, 0.29) is 29.9 Å². The Kier molecular flexibility index (Phi) is 7.43. The molecule has 0 radical (unpaired) electrons. The van der Waals surface area contributed by atoms with Crippen LogP contribution < -0.4 is 5.32 Å². The molecule has 2 saturated carbocycles. The molecule has 2 aliphatic carbocycles. The van der Waals surface area contributed by atoms with E-state index in [1.54, 1.807) is 0 Å². The maximum atomic E-state index is 12.9. The number of hydrogen-bond acceptors (Lipinski definition) is 4. The smallest absolute Gasteiger partial charge is 0.226 e. The maximum Gasteiger partial charge on any atom is 0.226 e. The zero-order valence-electron chi connectivity index (χ0n) is 19.3. The van der Waals surface area contributed by atoms with Crippen molar-refractivity contribution < 1.29 is 14.7 Å². The van der Waals surface area contributed by atoms with Gasteiger partial charge in [0.1, 0.15) is 0 Å². The number of hydrogen-bond donors (Lipinski definition) is 2. The molecule has 1 atom stereocenters. The van der Waals surface area contributed by atoms with Gasteiger partial charge in [-0.2, -0.15) is 0 Å². The summed E-state index contributed by atoms with van der Waals surface area (Å²) >= 11 is 6.40. The van der Waals surface area contributed by atoms with Crippen molar-refractivity contribution in [3.05, 3.63) is 28.3 Å². The lowest BCUT2D eigenvalue weighted by atomic mass is 9.80. The second-order valence-corrected chi connectivity index (χ2v) is 10.5. The van der Waals surface area contributed by atoms with Crippen molar-refractivity contribution in [3.63, 3.8) is 0 Å². The van der Waals surface area contributed by atoms with Gasteiger partial charge in [0.15, 0.2) is 0 Å². The lowest BCUT2D eigenvalue weighted by Gasteiger charge is -2.41. The van der Waals surface area contributed by atoms with Gasteiger partial charge in [-0.1, -0.05) is 24.4 Å².